The zero-order valence-corrected chi connectivity index (χ0v) is 10.6. The second kappa shape index (κ2) is 18.5. The molecule has 0 unspecified atom stereocenters. The zero-order valence-electron chi connectivity index (χ0n) is 10.6. The maximum absolute atomic E-state index is 3.66. The summed E-state index contributed by atoms with van der Waals surface area (Å²) in [5.74, 6) is 0. The van der Waals surface area contributed by atoms with Gasteiger partial charge in [0.2, 0.25) is 0 Å². The summed E-state index contributed by atoms with van der Waals surface area (Å²) in [6.07, 6.45) is 14.1. The van der Waals surface area contributed by atoms with Crippen LogP contribution in [0.15, 0.2) is 12.7 Å². The summed E-state index contributed by atoms with van der Waals surface area (Å²) >= 11 is 0. The molecule has 86 valence electrons. The average molecular weight is 198 g/mol. The number of rotatable bonds is 8. The van der Waals surface area contributed by atoms with E-state index in [4.69, 9.17) is 0 Å². The molecular formula is C14H30. The van der Waals surface area contributed by atoms with Gasteiger partial charge in [-0.3, -0.25) is 0 Å². The Hall–Kier alpha value is -0.260. The molecule has 0 saturated carbocycles. The van der Waals surface area contributed by atoms with Crippen LogP contribution in [-0.4, -0.2) is 0 Å². The smallest absolute Gasteiger partial charge is 0.0353 e. The summed E-state index contributed by atoms with van der Waals surface area (Å²) in [6, 6.07) is 0. The highest BCUT2D eigenvalue weighted by Crippen LogP contribution is 2.01. The van der Waals surface area contributed by atoms with Crippen LogP contribution < -0.4 is 0 Å². The molecule has 0 aliphatic rings. The summed E-state index contributed by atoms with van der Waals surface area (Å²) < 4.78 is 0. The Morgan fingerprint density at radius 3 is 1.50 bits per heavy atom. The van der Waals surface area contributed by atoms with E-state index in [9.17, 15) is 0 Å². The van der Waals surface area contributed by atoms with Crippen LogP contribution >= 0.6 is 0 Å². The first-order valence-electron chi connectivity index (χ1n) is 6.44. The Morgan fingerprint density at radius 2 is 1.14 bits per heavy atom. The van der Waals surface area contributed by atoms with Gasteiger partial charge in [0.25, 0.3) is 0 Å². The fourth-order valence-electron chi connectivity index (χ4n) is 1.22. The molecule has 0 fully saturated rings. The van der Waals surface area contributed by atoms with Crippen molar-refractivity contribution >= 4 is 0 Å². The Balaban J connectivity index is 0. The van der Waals surface area contributed by atoms with E-state index < -0.39 is 0 Å². The largest absolute Gasteiger partial charge is 0.103 e. The molecule has 0 heterocycles. The third-order valence-electron chi connectivity index (χ3n) is 2.22. The van der Waals surface area contributed by atoms with Gasteiger partial charge in [-0.05, 0) is 12.8 Å². The van der Waals surface area contributed by atoms with Crippen LogP contribution in [0.2, 0.25) is 0 Å². The Morgan fingerprint density at radius 1 is 0.714 bits per heavy atom. The van der Waals surface area contributed by atoms with Crippen molar-refractivity contribution in [2.45, 2.75) is 78.6 Å². The highest BCUT2D eigenvalue weighted by molar-refractivity contribution is 4.64. The van der Waals surface area contributed by atoms with Crippen molar-refractivity contribution in [2.24, 2.45) is 0 Å². The van der Waals surface area contributed by atoms with E-state index in [1.54, 1.807) is 0 Å². The molecule has 0 nitrogen and oxygen atoms in total. The maximum Gasteiger partial charge on any atom is -0.0353 e. The molecule has 0 aromatic carbocycles. The lowest BCUT2D eigenvalue weighted by molar-refractivity contribution is 0.675. The molecule has 0 amide bonds. The third kappa shape index (κ3) is 22.6. The first-order valence-corrected chi connectivity index (χ1v) is 6.44. The van der Waals surface area contributed by atoms with Gasteiger partial charge < -0.3 is 0 Å². The highest BCUT2D eigenvalue weighted by atomic mass is 13.9. The van der Waals surface area contributed by atoms with Gasteiger partial charge in [-0.2, -0.15) is 0 Å². The van der Waals surface area contributed by atoms with Crippen LogP contribution in [0.5, 0.6) is 0 Å². The number of allylic oxidation sites excluding steroid dienone is 1. The molecule has 0 aromatic rings. The topological polar surface area (TPSA) is 0 Å². The average Bonchev–Trinajstić information content (AvgIpc) is 2.22. The van der Waals surface area contributed by atoms with Crippen molar-refractivity contribution < 1.29 is 0 Å². The Labute approximate surface area is 91.8 Å². The van der Waals surface area contributed by atoms with Crippen molar-refractivity contribution in [1.29, 1.82) is 0 Å². The van der Waals surface area contributed by atoms with Crippen molar-refractivity contribution in [1.82, 2.24) is 0 Å². The summed E-state index contributed by atoms with van der Waals surface area (Å²) in [4.78, 5) is 0. The first kappa shape index (κ1) is 16.2. The fraction of sp³-hybridized carbons (Fsp3) is 0.857. The molecule has 0 rings (SSSR count). The van der Waals surface area contributed by atoms with E-state index in [0.29, 0.717) is 0 Å². The summed E-state index contributed by atoms with van der Waals surface area (Å²) in [5, 5.41) is 0. The van der Waals surface area contributed by atoms with Crippen LogP contribution in [0.1, 0.15) is 78.6 Å². The lowest BCUT2D eigenvalue weighted by Crippen LogP contribution is -1.71. The molecule has 0 aromatic heterocycles. The van der Waals surface area contributed by atoms with E-state index in [1.807, 2.05) is 6.08 Å². The van der Waals surface area contributed by atoms with Gasteiger partial charge in [0, 0.05) is 0 Å². The molecular weight excluding hydrogens is 168 g/mol. The highest BCUT2D eigenvalue weighted by Gasteiger charge is 1.81. The Bertz CT molecular complexity index is 80.0. The summed E-state index contributed by atoms with van der Waals surface area (Å²) in [5.41, 5.74) is 0. The van der Waals surface area contributed by atoms with Crippen LogP contribution in [-0.2, 0) is 0 Å². The monoisotopic (exact) mass is 198 g/mol. The fourth-order valence-corrected chi connectivity index (χ4v) is 1.22. The summed E-state index contributed by atoms with van der Waals surface area (Å²) in [6.45, 7) is 10.4. The van der Waals surface area contributed by atoms with Crippen LogP contribution in [0, 0.1) is 0 Å². The number of unbranched alkanes of at least 4 members (excludes halogenated alkanes) is 7. The molecule has 0 radical (unpaired) electrons. The molecule has 0 saturated heterocycles. The molecule has 0 aliphatic carbocycles. The van der Waals surface area contributed by atoms with Gasteiger partial charge in [-0.1, -0.05) is 71.8 Å². The predicted octanol–water partition coefficient (Wildman–Crippen LogP) is 5.73. The van der Waals surface area contributed by atoms with Crippen molar-refractivity contribution in [3.8, 4) is 0 Å². The van der Waals surface area contributed by atoms with Gasteiger partial charge in [-0.25, -0.2) is 0 Å². The summed E-state index contributed by atoms with van der Waals surface area (Å²) in [7, 11) is 0. The van der Waals surface area contributed by atoms with Gasteiger partial charge in [0.1, 0.15) is 0 Å². The minimum absolute atomic E-state index is 1.19. The van der Waals surface area contributed by atoms with Crippen LogP contribution in [0.3, 0.4) is 0 Å². The molecule has 0 heteroatoms. The van der Waals surface area contributed by atoms with Crippen LogP contribution in [0.4, 0.5) is 0 Å². The second-order valence-electron chi connectivity index (χ2n) is 3.85. The van der Waals surface area contributed by atoms with Gasteiger partial charge >= 0.3 is 0 Å². The zero-order chi connectivity index (χ0) is 11.1. The number of hydrogen-bond acceptors (Lipinski definition) is 0. The minimum Gasteiger partial charge on any atom is -0.103 e. The van der Waals surface area contributed by atoms with E-state index in [0.717, 1.165) is 0 Å². The SMILES string of the molecule is C=CCCCCCC.CCCCCC. The second-order valence-corrected chi connectivity index (χ2v) is 3.85. The van der Waals surface area contributed by atoms with Gasteiger partial charge in [0.05, 0.1) is 0 Å². The molecule has 0 aliphatic heterocycles. The quantitative estimate of drug-likeness (QED) is 0.345. The van der Waals surface area contributed by atoms with Gasteiger partial charge in [0.15, 0.2) is 0 Å². The molecule has 0 N–H and O–H groups in total. The minimum atomic E-state index is 1.19. The van der Waals surface area contributed by atoms with E-state index >= 15 is 0 Å². The van der Waals surface area contributed by atoms with Gasteiger partial charge in [-0.15, -0.1) is 6.58 Å². The van der Waals surface area contributed by atoms with E-state index in [-0.39, 0.29) is 0 Å². The maximum atomic E-state index is 3.66. The van der Waals surface area contributed by atoms with Crippen molar-refractivity contribution in [3.63, 3.8) is 0 Å². The molecule has 0 bridgehead atoms. The lowest BCUT2D eigenvalue weighted by atomic mass is 10.2. The number of hydrogen-bond donors (Lipinski definition) is 0. The molecule has 0 atom stereocenters. The van der Waals surface area contributed by atoms with Crippen LogP contribution in [0.25, 0.3) is 0 Å². The first-order chi connectivity index (χ1) is 6.83. The molecule has 0 spiro atoms. The van der Waals surface area contributed by atoms with Crippen molar-refractivity contribution in [3.05, 3.63) is 12.7 Å². The van der Waals surface area contributed by atoms with E-state index in [1.165, 1.54) is 57.8 Å². The van der Waals surface area contributed by atoms with E-state index in [2.05, 4.69) is 27.4 Å². The standard InChI is InChI=1S/C8H16.C6H14/c1-3-5-7-8-6-4-2;1-3-5-6-4-2/h3H,1,4-8H2,2H3;3-6H2,1-2H3. The van der Waals surface area contributed by atoms with Crippen molar-refractivity contribution in [2.75, 3.05) is 0 Å². The lowest BCUT2D eigenvalue weighted by Gasteiger charge is -1.91. The normalized spacial score (nSPS) is 9.07. The third-order valence-corrected chi connectivity index (χ3v) is 2.22. The molecule has 14 heavy (non-hydrogen) atoms. The predicted molar refractivity (Wildman–Crippen MR) is 68.8 cm³/mol. The Kier molecular flexibility index (Phi) is 21.4.